The van der Waals surface area contributed by atoms with Gasteiger partial charge in [-0.25, -0.2) is 0 Å². The molecule has 2 aromatic rings. The molecule has 0 saturated heterocycles. The van der Waals surface area contributed by atoms with Crippen molar-refractivity contribution < 1.29 is 14.6 Å². The highest BCUT2D eigenvalue weighted by molar-refractivity contribution is 6.30. The van der Waals surface area contributed by atoms with Gasteiger partial charge in [0.2, 0.25) is 0 Å². The lowest BCUT2D eigenvalue weighted by atomic mass is 10.0. The highest BCUT2D eigenvalue weighted by Crippen LogP contribution is 2.28. The zero-order chi connectivity index (χ0) is 16.2. The highest BCUT2D eigenvalue weighted by atomic mass is 35.5. The van der Waals surface area contributed by atoms with Crippen LogP contribution in [0, 0.1) is 0 Å². The molecule has 1 heterocycles. The molecule has 0 radical (unpaired) electrons. The number of hydrogen-bond donors (Lipinski definition) is 2. The first-order valence-corrected chi connectivity index (χ1v) is 8.00. The fraction of sp³-hybridized carbons (Fsp3) is 0.333. The van der Waals surface area contributed by atoms with Gasteiger partial charge in [0.1, 0.15) is 18.1 Å². The summed E-state index contributed by atoms with van der Waals surface area (Å²) < 4.78 is 11.0. The lowest BCUT2D eigenvalue weighted by Crippen LogP contribution is -2.41. The van der Waals surface area contributed by atoms with Crippen LogP contribution < -0.4 is 14.8 Å². The SMILES string of the molecule is COc1ccc2c(c1)CC(NC[C@H](O)c1cccc(Cl)c1)CO2. The van der Waals surface area contributed by atoms with Gasteiger partial charge >= 0.3 is 0 Å². The topological polar surface area (TPSA) is 50.7 Å². The lowest BCUT2D eigenvalue weighted by Gasteiger charge is -2.27. The predicted molar refractivity (Wildman–Crippen MR) is 90.4 cm³/mol. The van der Waals surface area contributed by atoms with Gasteiger partial charge in [0, 0.05) is 17.6 Å². The van der Waals surface area contributed by atoms with Gasteiger partial charge in [0.25, 0.3) is 0 Å². The van der Waals surface area contributed by atoms with Crippen LogP contribution in [0.3, 0.4) is 0 Å². The monoisotopic (exact) mass is 333 g/mol. The molecule has 0 fully saturated rings. The summed E-state index contributed by atoms with van der Waals surface area (Å²) in [5, 5.41) is 14.3. The standard InChI is InChI=1S/C18H20ClNO3/c1-22-16-5-6-18-13(9-16)8-15(11-23-18)20-10-17(21)12-3-2-4-14(19)7-12/h2-7,9,15,17,20-21H,8,10-11H2,1H3/t15?,17-/m0/s1. The second-order valence-corrected chi connectivity index (χ2v) is 6.10. The number of benzene rings is 2. The molecule has 5 heteroatoms. The number of hydrogen-bond acceptors (Lipinski definition) is 4. The second kappa shape index (κ2) is 7.21. The van der Waals surface area contributed by atoms with Crippen molar-refractivity contribution in [1.29, 1.82) is 0 Å². The van der Waals surface area contributed by atoms with Crippen LogP contribution in [-0.4, -0.2) is 31.4 Å². The number of aliphatic hydroxyl groups excluding tert-OH is 1. The maximum atomic E-state index is 10.3. The summed E-state index contributed by atoms with van der Waals surface area (Å²) in [5.74, 6) is 1.73. The molecular weight excluding hydrogens is 314 g/mol. The van der Waals surface area contributed by atoms with Gasteiger partial charge in [-0.05, 0) is 47.9 Å². The Bertz CT molecular complexity index is 677. The largest absolute Gasteiger partial charge is 0.497 e. The molecule has 1 aliphatic heterocycles. The summed E-state index contributed by atoms with van der Waals surface area (Å²) in [6, 6.07) is 13.3. The van der Waals surface area contributed by atoms with Crippen molar-refractivity contribution in [3.8, 4) is 11.5 Å². The minimum absolute atomic E-state index is 0.156. The van der Waals surface area contributed by atoms with Crippen LogP contribution >= 0.6 is 11.6 Å². The molecule has 2 atom stereocenters. The van der Waals surface area contributed by atoms with Gasteiger partial charge in [-0.15, -0.1) is 0 Å². The van der Waals surface area contributed by atoms with Crippen LogP contribution in [0.5, 0.6) is 11.5 Å². The first-order chi connectivity index (χ1) is 11.2. The highest BCUT2D eigenvalue weighted by Gasteiger charge is 2.21. The number of methoxy groups -OCH3 is 1. The van der Waals surface area contributed by atoms with Gasteiger partial charge in [0.05, 0.1) is 13.2 Å². The molecule has 3 rings (SSSR count). The quantitative estimate of drug-likeness (QED) is 0.883. The molecule has 2 N–H and O–H groups in total. The van der Waals surface area contributed by atoms with E-state index in [0.29, 0.717) is 18.2 Å². The normalized spacial score (nSPS) is 18.0. The summed E-state index contributed by atoms with van der Waals surface area (Å²) in [7, 11) is 1.66. The number of halogens is 1. The predicted octanol–water partition coefficient (Wildman–Crippen LogP) is 2.98. The zero-order valence-electron chi connectivity index (χ0n) is 13.0. The third-order valence-electron chi connectivity index (χ3n) is 4.01. The van der Waals surface area contributed by atoms with Gasteiger partial charge in [-0.1, -0.05) is 23.7 Å². The van der Waals surface area contributed by atoms with E-state index in [9.17, 15) is 5.11 Å². The first-order valence-electron chi connectivity index (χ1n) is 7.62. The minimum Gasteiger partial charge on any atom is -0.497 e. The molecule has 2 aromatic carbocycles. The Labute approximate surface area is 141 Å². The smallest absolute Gasteiger partial charge is 0.122 e. The van der Waals surface area contributed by atoms with E-state index in [4.69, 9.17) is 21.1 Å². The summed E-state index contributed by atoms with van der Waals surface area (Å²) in [4.78, 5) is 0. The van der Waals surface area contributed by atoms with Gasteiger partial charge in [-0.3, -0.25) is 0 Å². The van der Waals surface area contributed by atoms with Crippen LogP contribution in [0.4, 0.5) is 0 Å². The first kappa shape index (κ1) is 16.1. The lowest BCUT2D eigenvalue weighted by molar-refractivity contribution is 0.157. The zero-order valence-corrected chi connectivity index (χ0v) is 13.7. The Balaban J connectivity index is 1.59. The molecule has 0 amide bonds. The summed E-state index contributed by atoms with van der Waals surface area (Å²) in [6.07, 6.45) is 0.245. The van der Waals surface area contributed by atoms with E-state index < -0.39 is 6.10 Å². The third-order valence-corrected chi connectivity index (χ3v) is 4.24. The molecular formula is C18H20ClNO3. The number of nitrogens with one attached hydrogen (secondary N) is 1. The molecule has 0 aromatic heterocycles. The minimum atomic E-state index is -0.597. The maximum Gasteiger partial charge on any atom is 0.122 e. The molecule has 23 heavy (non-hydrogen) atoms. The Morgan fingerprint density at radius 3 is 3.00 bits per heavy atom. The Morgan fingerprint density at radius 1 is 1.35 bits per heavy atom. The molecule has 4 nitrogen and oxygen atoms in total. The molecule has 0 spiro atoms. The summed E-state index contributed by atoms with van der Waals surface area (Å²) >= 11 is 5.96. The van der Waals surface area contributed by atoms with Crippen LogP contribution in [0.2, 0.25) is 5.02 Å². The Kier molecular flexibility index (Phi) is 5.06. The number of rotatable bonds is 5. The van der Waals surface area contributed by atoms with Crippen LogP contribution in [0.15, 0.2) is 42.5 Å². The average Bonchev–Trinajstić information content (AvgIpc) is 2.58. The molecule has 0 aliphatic carbocycles. The van der Waals surface area contributed by atoms with Gasteiger partial charge < -0.3 is 19.9 Å². The average molecular weight is 334 g/mol. The number of fused-ring (bicyclic) bond motifs is 1. The van der Waals surface area contributed by atoms with E-state index in [1.807, 2.05) is 30.3 Å². The molecule has 1 aliphatic rings. The molecule has 0 bridgehead atoms. The number of aliphatic hydroxyl groups is 1. The van der Waals surface area contributed by atoms with Crippen molar-refractivity contribution in [3.05, 3.63) is 58.6 Å². The van der Waals surface area contributed by atoms with Gasteiger partial charge in [0.15, 0.2) is 0 Å². The summed E-state index contributed by atoms with van der Waals surface area (Å²) in [5.41, 5.74) is 1.93. The van der Waals surface area contributed by atoms with Crippen molar-refractivity contribution >= 4 is 11.6 Å². The van der Waals surface area contributed by atoms with Crippen molar-refractivity contribution in [2.45, 2.75) is 18.6 Å². The van der Waals surface area contributed by atoms with Crippen LogP contribution in [0.1, 0.15) is 17.2 Å². The second-order valence-electron chi connectivity index (χ2n) is 5.66. The van der Waals surface area contributed by atoms with E-state index in [2.05, 4.69) is 5.32 Å². The maximum absolute atomic E-state index is 10.3. The molecule has 0 saturated carbocycles. The van der Waals surface area contributed by atoms with Crippen LogP contribution in [-0.2, 0) is 6.42 Å². The van der Waals surface area contributed by atoms with E-state index in [1.165, 1.54) is 0 Å². The van der Waals surface area contributed by atoms with Crippen LogP contribution in [0.25, 0.3) is 0 Å². The third kappa shape index (κ3) is 3.96. The molecule has 1 unspecified atom stereocenters. The number of ether oxygens (including phenoxy) is 2. The van der Waals surface area contributed by atoms with E-state index >= 15 is 0 Å². The van der Waals surface area contributed by atoms with E-state index in [-0.39, 0.29) is 6.04 Å². The Hall–Kier alpha value is -1.75. The fourth-order valence-corrected chi connectivity index (χ4v) is 2.94. The summed E-state index contributed by atoms with van der Waals surface area (Å²) in [6.45, 7) is 1.04. The Morgan fingerprint density at radius 2 is 2.22 bits per heavy atom. The van der Waals surface area contributed by atoms with Crippen molar-refractivity contribution in [2.75, 3.05) is 20.3 Å². The van der Waals surface area contributed by atoms with Crippen molar-refractivity contribution in [1.82, 2.24) is 5.32 Å². The molecule has 122 valence electrons. The van der Waals surface area contributed by atoms with Crippen molar-refractivity contribution in [3.63, 3.8) is 0 Å². The van der Waals surface area contributed by atoms with Gasteiger partial charge in [-0.2, -0.15) is 0 Å². The van der Waals surface area contributed by atoms with E-state index in [1.54, 1.807) is 19.2 Å². The van der Waals surface area contributed by atoms with E-state index in [0.717, 1.165) is 29.0 Å². The van der Waals surface area contributed by atoms with Crippen molar-refractivity contribution in [2.24, 2.45) is 0 Å². The fourth-order valence-electron chi connectivity index (χ4n) is 2.74.